The lowest BCUT2D eigenvalue weighted by molar-refractivity contribution is 0.0990. The molecule has 0 aliphatic heterocycles. The van der Waals surface area contributed by atoms with Crippen molar-refractivity contribution in [2.75, 3.05) is 0 Å². The van der Waals surface area contributed by atoms with Gasteiger partial charge in [-0.1, -0.05) is 18.2 Å². The van der Waals surface area contributed by atoms with E-state index in [2.05, 4.69) is 9.97 Å². The van der Waals surface area contributed by atoms with Crippen molar-refractivity contribution in [2.45, 2.75) is 0 Å². The maximum Gasteiger partial charge on any atom is 0.286 e. The second kappa shape index (κ2) is 3.96. The van der Waals surface area contributed by atoms with Crippen LogP contribution in [0.25, 0.3) is 22.2 Å². The van der Waals surface area contributed by atoms with Crippen LogP contribution in [-0.4, -0.2) is 15.9 Å². The quantitative estimate of drug-likeness (QED) is 0.741. The van der Waals surface area contributed by atoms with Gasteiger partial charge in [0.2, 0.25) is 5.82 Å². The minimum absolute atomic E-state index is 0.00205. The zero-order chi connectivity index (χ0) is 12.5. The number of aromatic nitrogens is 2. The highest BCUT2D eigenvalue weighted by atomic mass is 16.3. The summed E-state index contributed by atoms with van der Waals surface area (Å²) in [6.07, 6.45) is 3.11. The van der Waals surface area contributed by atoms with Crippen LogP contribution in [0, 0.1) is 0 Å². The largest absolute Gasteiger partial charge is 0.464 e. The van der Waals surface area contributed by atoms with Gasteiger partial charge in [0.25, 0.3) is 5.91 Å². The zero-order valence-electron chi connectivity index (χ0n) is 9.33. The van der Waals surface area contributed by atoms with Gasteiger partial charge in [-0.3, -0.25) is 4.79 Å². The Hall–Kier alpha value is -2.69. The van der Waals surface area contributed by atoms with Gasteiger partial charge >= 0.3 is 0 Å². The number of fused-ring (bicyclic) bond motifs is 1. The third-order valence-electron chi connectivity index (χ3n) is 2.63. The van der Waals surface area contributed by atoms with Gasteiger partial charge in [-0.15, -0.1) is 0 Å². The van der Waals surface area contributed by atoms with E-state index in [9.17, 15) is 4.79 Å². The second-order valence-corrected chi connectivity index (χ2v) is 3.78. The topological polar surface area (TPSA) is 82.0 Å². The highest BCUT2D eigenvalue weighted by Crippen LogP contribution is 2.28. The molecule has 18 heavy (non-hydrogen) atoms. The molecule has 1 amide bonds. The molecule has 0 saturated heterocycles. The minimum atomic E-state index is -0.648. The molecule has 0 aliphatic rings. The summed E-state index contributed by atoms with van der Waals surface area (Å²) < 4.78 is 5.43. The van der Waals surface area contributed by atoms with Crippen molar-refractivity contribution in [3.8, 4) is 11.3 Å². The zero-order valence-corrected chi connectivity index (χ0v) is 9.33. The summed E-state index contributed by atoms with van der Waals surface area (Å²) >= 11 is 0. The molecular formula is C13H9N3O2. The number of carbonyl (C=O) groups excluding carboxylic acids is 1. The van der Waals surface area contributed by atoms with Gasteiger partial charge in [-0.2, -0.15) is 0 Å². The molecule has 2 N–H and O–H groups in total. The average molecular weight is 239 g/mol. The van der Waals surface area contributed by atoms with Crippen LogP contribution in [0.3, 0.4) is 0 Å². The molecule has 0 saturated carbocycles. The van der Waals surface area contributed by atoms with E-state index in [0.717, 1.165) is 16.5 Å². The number of rotatable bonds is 2. The summed E-state index contributed by atoms with van der Waals surface area (Å²) in [5.41, 5.74) is 7.36. The number of furan rings is 1. The normalized spacial score (nSPS) is 10.7. The van der Waals surface area contributed by atoms with E-state index in [1.54, 1.807) is 12.3 Å². The Kier molecular flexibility index (Phi) is 2.30. The number of hydrogen-bond acceptors (Lipinski definition) is 4. The van der Waals surface area contributed by atoms with Crippen LogP contribution in [0.4, 0.5) is 0 Å². The first-order valence-electron chi connectivity index (χ1n) is 5.35. The number of hydrogen-bond donors (Lipinski definition) is 1. The third kappa shape index (κ3) is 1.62. The standard InChI is InChI=1S/C13H9N3O2/c14-12(17)13-15-6-5-10(16-13)9-7-18-11-4-2-1-3-8(9)11/h1-7H,(H2,14,17). The molecule has 0 radical (unpaired) electrons. The number of amides is 1. The predicted molar refractivity (Wildman–Crippen MR) is 65.8 cm³/mol. The average Bonchev–Trinajstić information content (AvgIpc) is 2.82. The minimum Gasteiger partial charge on any atom is -0.464 e. The lowest BCUT2D eigenvalue weighted by Gasteiger charge is -1.99. The first-order valence-corrected chi connectivity index (χ1v) is 5.35. The Bertz CT molecular complexity index is 734. The second-order valence-electron chi connectivity index (χ2n) is 3.78. The fraction of sp³-hybridized carbons (Fsp3) is 0. The molecule has 2 heterocycles. The fourth-order valence-corrected chi connectivity index (χ4v) is 1.80. The van der Waals surface area contributed by atoms with E-state index in [4.69, 9.17) is 10.2 Å². The molecule has 5 heteroatoms. The van der Waals surface area contributed by atoms with Crippen LogP contribution in [0.5, 0.6) is 0 Å². The Morgan fingerprint density at radius 3 is 2.89 bits per heavy atom. The van der Waals surface area contributed by atoms with E-state index < -0.39 is 5.91 Å². The Labute approximate surface area is 102 Å². The van der Waals surface area contributed by atoms with Crippen LogP contribution in [-0.2, 0) is 0 Å². The van der Waals surface area contributed by atoms with Gasteiger partial charge in [0, 0.05) is 17.1 Å². The monoisotopic (exact) mass is 239 g/mol. The molecule has 2 aromatic heterocycles. The Morgan fingerprint density at radius 1 is 1.22 bits per heavy atom. The summed E-state index contributed by atoms with van der Waals surface area (Å²) in [7, 11) is 0. The summed E-state index contributed by atoms with van der Waals surface area (Å²) in [6, 6.07) is 9.32. The highest BCUT2D eigenvalue weighted by Gasteiger charge is 2.11. The first kappa shape index (κ1) is 10.5. The van der Waals surface area contributed by atoms with E-state index in [-0.39, 0.29) is 5.82 Å². The fourth-order valence-electron chi connectivity index (χ4n) is 1.80. The molecule has 0 spiro atoms. The number of benzene rings is 1. The van der Waals surface area contributed by atoms with Crippen molar-refractivity contribution in [1.82, 2.24) is 9.97 Å². The molecule has 5 nitrogen and oxygen atoms in total. The van der Waals surface area contributed by atoms with Crippen LogP contribution in [0.1, 0.15) is 10.6 Å². The van der Waals surface area contributed by atoms with Gasteiger partial charge in [-0.25, -0.2) is 9.97 Å². The number of nitrogens with zero attached hydrogens (tertiary/aromatic N) is 2. The van der Waals surface area contributed by atoms with E-state index in [1.807, 2.05) is 24.3 Å². The van der Waals surface area contributed by atoms with Crippen molar-refractivity contribution in [3.05, 3.63) is 48.6 Å². The lowest BCUT2D eigenvalue weighted by atomic mass is 10.1. The molecule has 3 rings (SSSR count). The molecule has 3 aromatic rings. The van der Waals surface area contributed by atoms with Crippen molar-refractivity contribution in [3.63, 3.8) is 0 Å². The number of carbonyl (C=O) groups is 1. The molecule has 1 aromatic carbocycles. The van der Waals surface area contributed by atoms with Crippen molar-refractivity contribution >= 4 is 16.9 Å². The number of para-hydroxylation sites is 1. The molecular weight excluding hydrogens is 230 g/mol. The molecule has 0 unspecified atom stereocenters. The molecule has 0 bridgehead atoms. The van der Waals surface area contributed by atoms with Gasteiger partial charge in [-0.05, 0) is 12.1 Å². The van der Waals surface area contributed by atoms with Gasteiger partial charge in [0.15, 0.2) is 0 Å². The molecule has 0 aliphatic carbocycles. The third-order valence-corrected chi connectivity index (χ3v) is 2.63. The van der Waals surface area contributed by atoms with Crippen LogP contribution in [0.15, 0.2) is 47.2 Å². The maximum atomic E-state index is 11.1. The van der Waals surface area contributed by atoms with Gasteiger partial charge in [0.05, 0.1) is 5.69 Å². The maximum absolute atomic E-state index is 11.1. The van der Waals surface area contributed by atoms with Crippen LogP contribution < -0.4 is 5.73 Å². The van der Waals surface area contributed by atoms with E-state index in [1.165, 1.54) is 6.20 Å². The molecule has 0 atom stereocenters. The Morgan fingerprint density at radius 2 is 2.06 bits per heavy atom. The smallest absolute Gasteiger partial charge is 0.286 e. The predicted octanol–water partition coefficient (Wildman–Crippen LogP) is 1.99. The highest BCUT2D eigenvalue weighted by molar-refractivity contribution is 5.94. The van der Waals surface area contributed by atoms with Crippen LogP contribution >= 0.6 is 0 Å². The SMILES string of the molecule is NC(=O)c1nccc(-c2coc3ccccc23)n1. The van der Waals surface area contributed by atoms with Gasteiger partial charge in [0.1, 0.15) is 11.8 Å². The summed E-state index contributed by atoms with van der Waals surface area (Å²) in [4.78, 5) is 19.0. The number of primary amides is 1. The Balaban J connectivity index is 2.20. The van der Waals surface area contributed by atoms with E-state index >= 15 is 0 Å². The van der Waals surface area contributed by atoms with Crippen molar-refractivity contribution in [2.24, 2.45) is 5.73 Å². The van der Waals surface area contributed by atoms with Gasteiger partial charge < -0.3 is 10.2 Å². The lowest BCUT2D eigenvalue weighted by Crippen LogP contribution is -2.15. The molecule has 0 fully saturated rings. The van der Waals surface area contributed by atoms with E-state index in [0.29, 0.717) is 5.69 Å². The summed E-state index contributed by atoms with van der Waals surface area (Å²) in [5, 5.41) is 0.937. The van der Waals surface area contributed by atoms with Crippen molar-refractivity contribution < 1.29 is 9.21 Å². The molecule has 88 valence electrons. The number of nitrogens with two attached hydrogens (primary N) is 1. The summed E-state index contributed by atoms with van der Waals surface area (Å²) in [5.74, 6) is -0.651. The summed E-state index contributed by atoms with van der Waals surface area (Å²) in [6.45, 7) is 0. The first-order chi connectivity index (χ1) is 8.75. The van der Waals surface area contributed by atoms with Crippen molar-refractivity contribution in [1.29, 1.82) is 0 Å². The van der Waals surface area contributed by atoms with Crippen LogP contribution in [0.2, 0.25) is 0 Å².